The maximum Gasteiger partial charge on any atom is 0.325 e. The number of benzene rings is 2. The van der Waals surface area contributed by atoms with Crippen LogP contribution in [0, 0.1) is 0 Å². The number of H-pyrrole nitrogens is 2. The Morgan fingerprint density at radius 2 is 1.93 bits per heavy atom. The molecule has 0 spiro atoms. The number of aromatic amines is 2. The first-order chi connectivity index (χ1) is 14.8. The van der Waals surface area contributed by atoms with Gasteiger partial charge in [-0.25, -0.2) is 0 Å². The summed E-state index contributed by atoms with van der Waals surface area (Å²) in [6.07, 6.45) is 3.17. The molecule has 0 saturated heterocycles. The lowest BCUT2D eigenvalue weighted by molar-refractivity contribution is -0.759. The summed E-state index contributed by atoms with van der Waals surface area (Å²) in [6, 6.07) is 17.7. The number of anilines is 1. The fourth-order valence-corrected chi connectivity index (χ4v) is 4.23. The maximum atomic E-state index is 13.1. The molecular weight excluding hydrogens is 396 g/mol. The van der Waals surface area contributed by atoms with Crippen LogP contribution < -0.4 is 15.6 Å². The molecule has 3 N–H and O–H groups in total. The standard InChI is InChI=1S/C22H18N6OS/c1-2-12-30-22-25-21(29)19-15-10-6-7-11-17(15)24-20(28(19)27-22)16-13-23-26-18(16)14-8-4-3-5-9-14/h2-11,13,20H,1,12H2,(H2,23,25,26,27,29)/p+1/t20-/m1/s1. The monoisotopic (exact) mass is 415 g/mol. The van der Waals surface area contributed by atoms with E-state index in [-0.39, 0.29) is 5.56 Å². The average Bonchev–Trinajstić information content (AvgIpc) is 3.27. The number of nitrogens with one attached hydrogen (secondary N) is 3. The lowest BCUT2D eigenvalue weighted by Crippen LogP contribution is -2.55. The van der Waals surface area contributed by atoms with Crippen LogP contribution in [-0.4, -0.2) is 26.0 Å². The zero-order valence-electron chi connectivity index (χ0n) is 16.0. The van der Waals surface area contributed by atoms with Crippen LogP contribution in [-0.2, 0) is 0 Å². The van der Waals surface area contributed by atoms with Crippen molar-refractivity contribution in [2.24, 2.45) is 0 Å². The Morgan fingerprint density at radius 1 is 1.13 bits per heavy atom. The SMILES string of the molecule is C=CCSc1n[n+]2c(c(=O)[nH]1)-c1ccccc1N[C@H]2c1cn[nH]c1-c1ccccc1. The predicted molar refractivity (Wildman–Crippen MR) is 117 cm³/mol. The van der Waals surface area contributed by atoms with Gasteiger partial charge < -0.3 is 5.32 Å². The molecule has 0 unspecified atom stereocenters. The normalized spacial score (nSPS) is 14.5. The molecule has 0 fully saturated rings. The first kappa shape index (κ1) is 18.4. The van der Waals surface area contributed by atoms with Crippen LogP contribution in [0.5, 0.6) is 0 Å². The minimum atomic E-state index is -0.394. The van der Waals surface area contributed by atoms with Crippen molar-refractivity contribution in [1.82, 2.24) is 20.3 Å². The summed E-state index contributed by atoms with van der Waals surface area (Å²) >= 11 is 1.43. The summed E-state index contributed by atoms with van der Waals surface area (Å²) in [5.41, 5.74) is 4.82. The molecule has 8 heteroatoms. The molecule has 0 radical (unpaired) electrons. The van der Waals surface area contributed by atoms with Crippen molar-refractivity contribution in [3.8, 4) is 22.5 Å². The van der Waals surface area contributed by atoms with Gasteiger partial charge in [0.05, 0.1) is 28.7 Å². The van der Waals surface area contributed by atoms with Gasteiger partial charge in [-0.1, -0.05) is 60.3 Å². The summed E-state index contributed by atoms with van der Waals surface area (Å²) in [7, 11) is 0. The second-order valence-electron chi connectivity index (χ2n) is 6.81. The molecule has 1 atom stereocenters. The molecule has 0 aliphatic carbocycles. The average molecular weight is 416 g/mol. The van der Waals surface area contributed by atoms with Gasteiger partial charge in [0.1, 0.15) is 0 Å². The van der Waals surface area contributed by atoms with Gasteiger partial charge in [0, 0.05) is 16.4 Å². The molecule has 30 heavy (non-hydrogen) atoms. The van der Waals surface area contributed by atoms with Crippen molar-refractivity contribution in [2.75, 3.05) is 11.1 Å². The smallest absolute Gasteiger partial charge is 0.321 e. The third-order valence-electron chi connectivity index (χ3n) is 4.95. The van der Waals surface area contributed by atoms with Crippen molar-refractivity contribution >= 4 is 17.4 Å². The van der Waals surface area contributed by atoms with Crippen LogP contribution in [0.4, 0.5) is 5.69 Å². The number of nitrogens with zero attached hydrogens (tertiary/aromatic N) is 3. The molecule has 0 saturated carbocycles. The maximum absolute atomic E-state index is 13.1. The third kappa shape index (κ3) is 3.11. The molecule has 2 aromatic heterocycles. The quantitative estimate of drug-likeness (QED) is 0.264. The van der Waals surface area contributed by atoms with Gasteiger partial charge in [0.15, 0.2) is 0 Å². The molecule has 2 aromatic carbocycles. The molecule has 0 amide bonds. The predicted octanol–water partition coefficient (Wildman–Crippen LogP) is 3.37. The van der Waals surface area contributed by atoms with Gasteiger partial charge in [0.2, 0.25) is 5.16 Å². The van der Waals surface area contributed by atoms with Crippen molar-refractivity contribution in [1.29, 1.82) is 0 Å². The molecule has 148 valence electrons. The minimum absolute atomic E-state index is 0.180. The number of hydrogen-bond acceptors (Lipinski definition) is 5. The molecule has 4 aromatic rings. The number of aromatic nitrogens is 5. The topological polar surface area (TPSA) is 90.3 Å². The Balaban J connectivity index is 1.71. The number of hydrogen-bond donors (Lipinski definition) is 3. The first-order valence-electron chi connectivity index (χ1n) is 9.50. The second kappa shape index (κ2) is 7.64. The van der Waals surface area contributed by atoms with Gasteiger partial charge in [0.25, 0.3) is 6.17 Å². The fourth-order valence-electron chi connectivity index (χ4n) is 3.64. The van der Waals surface area contributed by atoms with Crippen LogP contribution in [0.1, 0.15) is 11.7 Å². The lowest BCUT2D eigenvalue weighted by atomic mass is 10.0. The van der Waals surface area contributed by atoms with Crippen molar-refractivity contribution in [2.45, 2.75) is 11.3 Å². The van der Waals surface area contributed by atoms with Gasteiger partial charge in [-0.3, -0.25) is 14.9 Å². The Hall–Kier alpha value is -3.65. The Labute approximate surface area is 176 Å². The van der Waals surface area contributed by atoms with Gasteiger partial charge in [-0.05, 0) is 16.8 Å². The second-order valence-corrected chi connectivity index (χ2v) is 7.82. The zero-order valence-corrected chi connectivity index (χ0v) is 16.8. The largest absolute Gasteiger partial charge is 0.325 e. The highest BCUT2D eigenvalue weighted by molar-refractivity contribution is 7.99. The molecule has 1 aliphatic rings. The molecule has 3 heterocycles. The van der Waals surface area contributed by atoms with E-state index in [0.717, 1.165) is 28.1 Å². The summed E-state index contributed by atoms with van der Waals surface area (Å²) in [5.74, 6) is 0.651. The Bertz CT molecular complexity index is 1280. The highest BCUT2D eigenvalue weighted by Gasteiger charge is 2.39. The van der Waals surface area contributed by atoms with E-state index in [9.17, 15) is 4.79 Å². The van der Waals surface area contributed by atoms with Crippen LogP contribution in [0.2, 0.25) is 0 Å². The van der Waals surface area contributed by atoms with E-state index in [1.54, 1.807) is 17.0 Å². The summed E-state index contributed by atoms with van der Waals surface area (Å²) in [5, 5.41) is 16.2. The van der Waals surface area contributed by atoms with E-state index in [4.69, 9.17) is 5.10 Å². The van der Waals surface area contributed by atoms with E-state index in [1.807, 2.05) is 54.6 Å². The molecule has 5 rings (SSSR count). The number of thioether (sulfide) groups is 1. The third-order valence-corrected chi connectivity index (χ3v) is 5.81. The lowest BCUT2D eigenvalue weighted by Gasteiger charge is -2.22. The van der Waals surface area contributed by atoms with Crippen LogP contribution in [0.3, 0.4) is 0 Å². The minimum Gasteiger partial charge on any atom is -0.321 e. The highest BCUT2D eigenvalue weighted by atomic mass is 32.2. The van der Waals surface area contributed by atoms with Crippen molar-refractivity contribution in [3.63, 3.8) is 0 Å². The number of fused-ring (bicyclic) bond motifs is 3. The summed E-state index contributed by atoms with van der Waals surface area (Å²) in [4.78, 5) is 16.0. The van der Waals surface area contributed by atoms with Gasteiger partial charge >= 0.3 is 11.3 Å². The Morgan fingerprint density at radius 3 is 2.77 bits per heavy atom. The fraction of sp³-hybridized carbons (Fsp3) is 0.0909. The van der Waals surface area contributed by atoms with Gasteiger partial charge in [-0.15, -0.1) is 6.58 Å². The highest BCUT2D eigenvalue weighted by Crippen LogP contribution is 2.34. The zero-order chi connectivity index (χ0) is 20.5. The number of rotatable bonds is 5. The summed E-state index contributed by atoms with van der Waals surface area (Å²) in [6.45, 7) is 3.74. The van der Waals surface area contributed by atoms with E-state index < -0.39 is 6.17 Å². The molecule has 7 nitrogen and oxygen atoms in total. The van der Waals surface area contributed by atoms with Crippen molar-refractivity contribution < 1.29 is 4.68 Å². The van der Waals surface area contributed by atoms with Crippen LogP contribution in [0.15, 0.2) is 83.4 Å². The van der Waals surface area contributed by atoms with Crippen LogP contribution in [0.25, 0.3) is 22.5 Å². The van der Waals surface area contributed by atoms with E-state index in [1.165, 1.54) is 11.8 Å². The first-order valence-corrected chi connectivity index (χ1v) is 10.5. The van der Waals surface area contributed by atoms with E-state index in [2.05, 4.69) is 27.1 Å². The van der Waals surface area contributed by atoms with E-state index >= 15 is 0 Å². The molecular formula is C22H19N6OS+. The Kier molecular flexibility index (Phi) is 4.68. The van der Waals surface area contributed by atoms with Crippen LogP contribution >= 0.6 is 11.8 Å². The van der Waals surface area contributed by atoms with Gasteiger partial charge in [-0.2, -0.15) is 5.10 Å². The molecule has 0 bridgehead atoms. The van der Waals surface area contributed by atoms with E-state index in [0.29, 0.717) is 16.6 Å². The number of para-hydroxylation sites is 1. The van der Waals surface area contributed by atoms with Crippen molar-refractivity contribution in [3.05, 3.63) is 89.4 Å². The summed E-state index contributed by atoms with van der Waals surface area (Å²) < 4.78 is 1.75. The molecule has 1 aliphatic heterocycles.